The molecule has 0 aliphatic heterocycles. The number of hydrogen-bond donors (Lipinski definition) is 0. The molecule has 0 radical (unpaired) electrons. The van der Waals surface area contributed by atoms with E-state index in [0.717, 1.165) is 56.9 Å². The fourth-order valence-corrected chi connectivity index (χ4v) is 5.37. The Hall–Kier alpha value is -2.82. The van der Waals surface area contributed by atoms with Crippen molar-refractivity contribution >= 4 is 0 Å². The van der Waals surface area contributed by atoms with Gasteiger partial charge in [-0.1, -0.05) is 67.8 Å². The molecular formula is C32H36F4O. The van der Waals surface area contributed by atoms with Crippen LogP contribution in [0.2, 0.25) is 0 Å². The average molecular weight is 513 g/mol. The Balaban J connectivity index is 1.32. The maximum atomic E-state index is 14.8. The van der Waals surface area contributed by atoms with Gasteiger partial charge in [0.2, 0.25) is 5.82 Å². The summed E-state index contributed by atoms with van der Waals surface area (Å²) >= 11 is 0. The van der Waals surface area contributed by atoms with Gasteiger partial charge in [-0.2, -0.15) is 4.39 Å². The van der Waals surface area contributed by atoms with Crippen molar-refractivity contribution in [3.05, 3.63) is 88.5 Å². The number of ether oxygens (including phenoxy) is 1. The number of hydrogen-bond acceptors (Lipinski definition) is 1. The fraction of sp³-hybridized carbons (Fsp3) is 0.438. The maximum Gasteiger partial charge on any atom is 0.200 e. The van der Waals surface area contributed by atoms with E-state index in [1.165, 1.54) is 0 Å². The lowest BCUT2D eigenvalue weighted by Crippen LogP contribution is -2.16. The van der Waals surface area contributed by atoms with E-state index in [0.29, 0.717) is 35.6 Å². The standard InChI is InChI=1S/C32H36F4O/c1-3-4-5-20-37-28-19-18-27(31(35)32(28)36)24-13-8-22(9-14-24)10-15-25-16-17-26(30(34)29(25)33)23-11-6-21(2)7-12-23/h6-7,11-12,16-19,22,24H,3-5,8-10,13-15,20H2,1-2H3. The molecule has 0 heterocycles. The van der Waals surface area contributed by atoms with Crippen molar-refractivity contribution in [1.29, 1.82) is 0 Å². The summed E-state index contributed by atoms with van der Waals surface area (Å²) in [6, 6.07) is 13.9. The first-order valence-electron chi connectivity index (χ1n) is 13.5. The lowest BCUT2D eigenvalue weighted by atomic mass is 9.76. The van der Waals surface area contributed by atoms with Crippen LogP contribution in [-0.2, 0) is 6.42 Å². The summed E-state index contributed by atoms with van der Waals surface area (Å²) in [4.78, 5) is 0. The summed E-state index contributed by atoms with van der Waals surface area (Å²) in [5.41, 5.74) is 2.79. The molecule has 0 amide bonds. The van der Waals surface area contributed by atoms with Gasteiger partial charge in [0.1, 0.15) is 0 Å². The molecule has 0 spiro atoms. The molecule has 0 atom stereocenters. The quantitative estimate of drug-likeness (QED) is 0.194. The number of rotatable bonds is 10. The van der Waals surface area contributed by atoms with Gasteiger partial charge in [0, 0.05) is 5.56 Å². The van der Waals surface area contributed by atoms with Crippen LogP contribution in [0.5, 0.6) is 5.75 Å². The first-order valence-corrected chi connectivity index (χ1v) is 13.5. The molecule has 1 fully saturated rings. The molecule has 4 rings (SSSR count). The third-order valence-corrected chi connectivity index (χ3v) is 7.72. The topological polar surface area (TPSA) is 9.23 Å². The lowest BCUT2D eigenvalue weighted by Gasteiger charge is -2.29. The highest BCUT2D eigenvalue weighted by Gasteiger charge is 2.27. The molecule has 0 N–H and O–H groups in total. The second kappa shape index (κ2) is 12.6. The summed E-state index contributed by atoms with van der Waals surface area (Å²) in [5.74, 6) is -2.99. The van der Waals surface area contributed by atoms with Crippen LogP contribution in [0.15, 0.2) is 48.5 Å². The Morgan fingerprint density at radius 3 is 2.19 bits per heavy atom. The molecule has 0 bridgehead atoms. The third-order valence-electron chi connectivity index (χ3n) is 7.72. The van der Waals surface area contributed by atoms with Crippen molar-refractivity contribution in [2.45, 2.75) is 77.6 Å². The van der Waals surface area contributed by atoms with E-state index in [1.54, 1.807) is 36.4 Å². The molecule has 0 unspecified atom stereocenters. The Morgan fingerprint density at radius 2 is 1.49 bits per heavy atom. The van der Waals surface area contributed by atoms with Crippen molar-refractivity contribution in [1.82, 2.24) is 0 Å². The van der Waals surface area contributed by atoms with E-state index in [-0.39, 0.29) is 17.2 Å². The van der Waals surface area contributed by atoms with E-state index in [1.807, 2.05) is 19.1 Å². The molecule has 198 valence electrons. The predicted molar refractivity (Wildman–Crippen MR) is 141 cm³/mol. The van der Waals surface area contributed by atoms with E-state index < -0.39 is 23.3 Å². The second-order valence-electron chi connectivity index (χ2n) is 10.4. The van der Waals surface area contributed by atoms with Crippen LogP contribution >= 0.6 is 0 Å². The minimum atomic E-state index is -0.900. The van der Waals surface area contributed by atoms with Gasteiger partial charge in [-0.3, -0.25) is 0 Å². The molecule has 1 saturated carbocycles. The molecule has 3 aromatic rings. The summed E-state index contributed by atoms with van der Waals surface area (Å²) in [6.45, 7) is 4.41. The lowest BCUT2D eigenvalue weighted by molar-refractivity contribution is 0.281. The first kappa shape index (κ1) is 27.2. The first-order chi connectivity index (χ1) is 17.9. The van der Waals surface area contributed by atoms with E-state index in [4.69, 9.17) is 4.74 Å². The van der Waals surface area contributed by atoms with Crippen molar-refractivity contribution in [3.8, 4) is 16.9 Å². The van der Waals surface area contributed by atoms with Gasteiger partial charge >= 0.3 is 0 Å². The predicted octanol–water partition coefficient (Wildman–Crippen LogP) is 9.69. The average Bonchev–Trinajstić information content (AvgIpc) is 2.91. The summed E-state index contributed by atoms with van der Waals surface area (Å²) in [7, 11) is 0. The van der Waals surface area contributed by atoms with Crippen molar-refractivity contribution in [2.24, 2.45) is 5.92 Å². The molecule has 37 heavy (non-hydrogen) atoms. The molecule has 0 saturated heterocycles. The van der Waals surface area contributed by atoms with Crippen LogP contribution in [0.4, 0.5) is 17.6 Å². The molecule has 3 aromatic carbocycles. The zero-order chi connectivity index (χ0) is 26.4. The second-order valence-corrected chi connectivity index (χ2v) is 10.4. The molecule has 1 aliphatic carbocycles. The van der Waals surface area contributed by atoms with Gasteiger partial charge in [0.15, 0.2) is 23.2 Å². The SMILES string of the molecule is CCCCCOc1ccc(C2CCC(CCc3ccc(-c4ccc(C)cc4)c(F)c3F)CC2)c(F)c1F. The molecule has 1 nitrogen and oxygen atoms in total. The summed E-state index contributed by atoms with van der Waals surface area (Å²) in [6.07, 6.45) is 7.26. The van der Waals surface area contributed by atoms with Gasteiger partial charge in [0.25, 0.3) is 0 Å². The van der Waals surface area contributed by atoms with E-state index in [2.05, 4.69) is 6.92 Å². The van der Waals surface area contributed by atoms with Crippen molar-refractivity contribution in [2.75, 3.05) is 6.61 Å². The fourth-order valence-electron chi connectivity index (χ4n) is 5.37. The minimum Gasteiger partial charge on any atom is -0.490 e. The van der Waals surface area contributed by atoms with Gasteiger partial charge < -0.3 is 4.74 Å². The Kier molecular flexibility index (Phi) is 9.28. The van der Waals surface area contributed by atoms with Gasteiger partial charge in [-0.05, 0) is 86.5 Å². The minimum absolute atomic E-state index is 0.0197. The molecule has 0 aromatic heterocycles. The van der Waals surface area contributed by atoms with Gasteiger partial charge in [-0.25, -0.2) is 13.2 Å². The summed E-state index contributed by atoms with van der Waals surface area (Å²) < 4.78 is 64.5. The van der Waals surface area contributed by atoms with E-state index in [9.17, 15) is 17.6 Å². The highest BCUT2D eigenvalue weighted by molar-refractivity contribution is 5.65. The Bertz CT molecular complexity index is 1180. The smallest absolute Gasteiger partial charge is 0.200 e. The van der Waals surface area contributed by atoms with Crippen molar-refractivity contribution in [3.63, 3.8) is 0 Å². The number of unbranched alkanes of at least 4 members (excludes halogenated alkanes) is 2. The van der Waals surface area contributed by atoms with Gasteiger partial charge in [0.05, 0.1) is 6.61 Å². The van der Waals surface area contributed by atoms with Crippen LogP contribution in [0.25, 0.3) is 11.1 Å². The number of aryl methyl sites for hydroxylation is 2. The Morgan fingerprint density at radius 1 is 0.757 bits per heavy atom. The van der Waals surface area contributed by atoms with Gasteiger partial charge in [-0.15, -0.1) is 0 Å². The Labute approximate surface area is 217 Å². The van der Waals surface area contributed by atoms with Crippen LogP contribution in [0.3, 0.4) is 0 Å². The van der Waals surface area contributed by atoms with Crippen LogP contribution in [0.1, 0.15) is 80.9 Å². The zero-order valence-corrected chi connectivity index (χ0v) is 21.8. The molecule has 5 heteroatoms. The van der Waals surface area contributed by atoms with Crippen LogP contribution in [0, 0.1) is 36.1 Å². The number of halogens is 4. The van der Waals surface area contributed by atoms with Crippen LogP contribution in [-0.4, -0.2) is 6.61 Å². The maximum absolute atomic E-state index is 14.8. The molecular weight excluding hydrogens is 476 g/mol. The summed E-state index contributed by atoms with van der Waals surface area (Å²) in [5, 5.41) is 0. The van der Waals surface area contributed by atoms with Crippen LogP contribution < -0.4 is 4.74 Å². The highest BCUT2D eigenvalue weighted by atomic mass is 19.2. The van der Waals surface area contributed by atoms with Crippen molar-refractivity contribution < 1.29 is 22.3 Å². The molecule has 1 aliphatic rings. The highest BCUT2D eigenvalue weighted by Crippen LogP contribution is 2.40. The largest absolute Gasteiger partial charge is 0.490 e. The number of benzene rings is 3. The monoisotopic (exact) mass is 512 g/mol. The zero-order valence-electron chi connectivity index (χ0n) is 21.8. The van der Waals surface area contributed by atoms with E-state index >= 15 is 0 Å². The normalized spacial score (nSPS) is 17.7. The third kappa shape index (κ3) is 6.55.